The van der Waals surface area contributed by atoms with Gasteiger partial charge in [-0.25, -0.2) is 0 Å². The summed E-state index contributed by atoms with van der Waals surface area (Å²) in [6.45, 7) is 7.01. The summed E-state index contributed by atoms with van der Waals surface area (Å²) in [5.41, 5.74) is 0. The van der Waals surface area contributed by atoms with Crippen molar-refractivity contribution in [1.29, 1.82) is 0 Å². The summed E-state index contributed by atoms with van der Waals surface area (Å²) in [5.74, 6) is 0. The van der Waals surface area contributed by atoms with Crippen LogP contribution in [0.5, 0.6) is 0 Å². The Hall–Kier alpha value is -0.0631. The van der Waals surface area contributed by atoms with Gasteiger partial charge in [0.15, 0.2) is 5.15 Å². The molecule has 0 radical (unpaired) electrons. The van der Waals surface area contributed by atoms with Crippen LogP contribution in [-0.4, -0.2) is 23.6 Å². The standard InChI is InChI=1S/C8H13ClN2SSi/c1-13(2,3)6-12-8-5-4-7(9)10-11-8/h4-5H,6H2,1-3H3. The van der Waals surface area contributed by atoms with E-state index >= 15 is 0 Å². The fraction of sp³-hybridized carbons (Fsp3) is 0.500. The first-order valence-corrected chi connectivity index (χ1v) is 9.16. The summed E-state index contributed by atoms with van der Waals surface area (Å²) < 4.78 is 0. The molecule has 1 aromatic heterocycles. The minimum absolute atomic E-state index is 0.456. The molecule has 0 aliphatic carbocycles. The Morgan fingerprint density at radius 3 is 2.46 bits per heavy atom. The van der Waals surface area contributed by atoms with E-state index in [4.69, 9.17) is 11.6 Å². The van der Waals surface area contributed by atoms with Crippen molar-refractivity contribution in [2.45, 2.75) is 24.7 Å². The summed E-state index contributed by atoms with van der Waals surface area (Å²) in [6.07, 6.45) is 0. The quantitative estimate of drug-likeness (QED) is 0.592. The molecule has 1 rings (SSSR count). The van der Waals surface area contributed by atoms with E-state index in [1.54, 1.807) is 17.8 Å². The third-order valence-electron chi connectivity index (χ3n) is 1.26. The highest BCUT2D eigenvalue weighted by Gasteiger charge is 2.13. The van der Waals surface area contributed by atoms with Crippen molar-refractivity contribution in [1.82, 2.24) is 10.2 Å². The van der Waals surface area contributed by atoms with Crippen LogP contribution in [0.3, 0.4) is 0 Å². The van der Waals surface area contributed by atoms with Gasteiger partial charge in [-0.2, -0.15) is 0 Å². The van der Waals surface area contributed by atoms with Gasteiger partial charge in [0.05, 0.1) is 8.07 Å². The van der Waals surface area contributed by atoms with E-state index in [9.17, 15) is 0 Å². The Bertz CT molecular complexity index is 270. The van der Waals surface area contributed by atoms with Crippen LogP contribution in [0.1, 0.15) is 0 Å². The number of hydrogen-bond donors (Lipinski definition) is 0. The van der Waals surface area contributed by atoms with E-state index < -0.39 is 8.07 Å². The number of nitrogens with zero attached hydrogens (tertiary/aromatic N) is 2. The van der Waals surface area contributed by atoms with Crippen molar-refractivity contribution in [2.75, 3.05) is 5.38 Å². The number of aromatic nitrogens is 2. The number of thioether (sulfide) groups is 1. The smallest absolute Gasteiger partial charge is 0.143 e. The average Bonchev–Trinajstić information content (AvgIpc) is 2.02. The van der Waals surface area contributed by atoms with Gasteiger partial charge in [0.2, 0.25) is 0 Å². The molecule has 0 bridgehead atoms. The molecular formula is C8H13ClN2SSi. The Kier molecular flexibility index (Phi) is 3.76. The molecule has 0 unspecified atom stereocenters. The second-order valence-corrected chi connectivity index (χ2v) is 11.4. The van der Waals surface area contributed by atoms with E-state index in [1.807, 2.05) is 6.07 Å². The molecule has 1 aromatic rings. The third kappa shape index (κ3) is 4.64. The number of hydrogen-bond acceptors (Lipinski definition) is 3. The van der Waals surface area contributed by atoms with E-state index in [2.05, 4.69) is 29.8 Å². The lowest BCUT2D eigenvalue weighted by Gasteiger charge is -2.13. The van der Waals surface area contributed by atoms with Gasteiger partial charge in [0, 0.05) is 0 Å². The monoisotopic (exact) mass is 232 g/mol. The van der Waals surface area contributed by atoms with Crippen LogP contribution in [0.15, 0.2) is 17.2 Å². The van der Waals surface area contributed by atoms with E-state index in [0.29, 0.717) is 5.15 Å². The topological polar surface area (TPSA) is 25.8 Å². The maximum absolute atomic E-state index is 5.63. The zero-order chi connectivity index (χ0) is 9.90. The van der Waals surface area contributed by atoms with E-state index in [-0.39, 0.29) is 0 Å². The normalized spacial score (nSPS) is 11.7. The molecule has 0 aliphatic heterocycles. The Morgan fingerprint density at radius 1 is 1.31 bits per heavy atom. The zero-order valence-corrected chi connectivity index (χ0v) is 10.6. The molecule has 0 spiro atoms. The van der Waals surface area contributed by atoms with E-state index in [0.717, 1.165) is 5.03 Å². The zero-order valence-electron chi connectivity index (χ0n) is 8.04. The first kappa shape index (κ1) is 11.0. The molecule has 0 aliphatic rings. The lowest BCUT2D eigenvalue weighted by atomic mass is 10.6. The van der Waals surface area contributed by atoms with E-state index in [1.165, 1.54) is 5.38 Å². The molecule has 0 atom stereocenters. The molecule has 0 aromatic carbocycles. The van der Waals surface area contributed by atoms with Crippen LogP contribution >= 0.6 is 23.4 Å². The van der Waals surface area contributed by atoms with Crippen molar-refractivity contribution >= 4 is 31.4 Å². The summed E-state index contributed by atoms with van der Waals surface area (Å²) in [6, 6.07) is 3.70. The molecule has 0 saturated carbocycles. The summed E-state index contributed by atoms with van der Waals surface area (Å²) in [5, 5.41) is 10.4. The van der Waals surface area contributed by atoms with Gasteiger partial charge in [0.1, 0.15) is 5.03 Å². The minimum Gasteiger partial charge on any atom is -0.143 e. The third-order valence-corrected chi connectivity index (χ3v) is 6.02. The van der Waals surface area contributed by atoms with Gasteiger partial charge >= 0.3 is 0 Å². The molecule has 0 N–H and O–H groups in total. The Morgan fingerprint density at radius 2 is 2.00 bits per heavy atom. The first-order chi connectivity index (χ1) is 5.97. The average molecular weight is 233 g/mol. The molecule has 5 heteroatoms. The fourth-order valence-corrected chi connectivity index (χ4v) is 3.36. The fourth-order valence-electron chi connectivity index (χ4n) is 0.671. The molecule has 2 nitrogen and oxygen atoms in total. The van der Waals surface area contributed by atoms with Crippen LogP contribution in [0.4, 0.5) is 0 Å². The maximum Gasteiger partial charge on any atom is 0.151 e. The number of rotatable bonds is 3. The van der Waals surface area contributed by atoms with Crippen molar-refractivity contribution in [2.24, 2.45) is 0 Å². The van der Waals surface area contributed by atoms with Crippen molar-refractivity contribution in [3.8, 4) is 0 Å². The predicted molar refractivity (Wildman–Crippen MR) is 61.1 cm³/mol. The minimum atomic E-state index is -0.991. The first-order valence-electron chi connectivity index (χ1n) is 4.09. The highest BCUT2D eigenvalue weighted by molar-refractivity contribution is 8.00. The molecule has 0 amide bonds. The van der Waals surface area contributed by atoms with Gasteiger partial charge in [-0.3, -0.25) is 0 Å². The maximum atomic E-state index is 5.63. The largest absolute Gasteiger partial charge is 0.151 e. The SMILES string of the molecule is C[Si](C)(C)CSc1ccc(Cl)nn1. The van der Waals surface area contributed by atoms with Gasteiger partial charge in [-0.1, -0.05) is 31.2 Å². The summed E-state index contributed by atoms with van der Waals surface area (Å²) in [4.78, 5) is 0. The van der Waals surface area contributed by atoms with Crippen molar-refractivity contribution in [3.63, 3.8) is 0 Å². The van der Waals surface area contributed by atoms with Crippen molar-refractivity contribution in [3.05, 3.63) is 17.3 Å². The van der Waals surface area contributed by atoms with Crippen LogP contribution in [0.2, 0.25) is 24.8 Å². The lowest BCUT2D eigenvalue weighted by Crippen LogP contribution is -2.23. The van der Waals surface area contributed by atoms with Crippen molar-refractivity contribution < 1.29 is 0 Å². The van der Waals surface area contributed by atoms with Gasteiger partial charge in [-0.05, 0) is 17.5 Å². The molecular weight excluding hydrogens is 220 g/mol. The second-order valence-electron chi connectivity index (χ2n) is 4.04. The molecule has 0 saturated heterocycles. The Labute approximate surface area is 89.1 Å². The molecule has 13 heavy (non-hydrogen) atoms. The highest BCUT2D eigenvalue weighted by Crippen LogP contribution is 2.19. The summed E-state index contributed by atoms with van der Waals surface area (Å²) in [7, 11) is -0.991. The highest BCUT2D eigenvalue weighted by atomic mass is 35.5. The Balaban J connectivity index is 2.51. The second kappa shape index (κ2) is 4.44. The molecule has 72 valence electrons. The van der Waals surface area contributed by atoms with Gasteiger partial charge < -0.3 is 0 Å². The molecule has 1 heterocycles. The molecule has 0 fully saturated rings. The van der Waals surface area contributed by atoms with Gasteiger partial charge in [-0.15, -0.1) is 22.0 Å². The summed E-state index contributed by atoms with van der Waals surface area (Å²) >= 11 is 7.39. The van der Waals surface area contributed by atoms with Crippen LogP contribution in [0, 0.1) is 0 Å². The predicted octanol–water partition coefficient (Wildman–Crippen LogP) is 3.10. The van der Waals surface area contributed by atoms with Crippen LogP contribution in [0.25, 0.3) is 0 Å². The van der Waals surface area contributed by atoms with Crippen LogP contribution < -0.4 is 0 Å². The van der Waals surface area contributed by atoms with Crippen LogP contribution in [-0.2, 0) is 0 Å². The number of halogens is 1. The lowest BCUT2D eigenvalue weighted by molar-refractivity contribution is 0.931. The van der Waals surface area contributed by atoms with Gasteiger partial charge in [0.25, 0.3) is 0 Å².